The Labute approximate surface area is 150 Å². The molecule has 1 aromatic carbocycles. The van der Waals surface area contributed by atoms with E-state index < -0.39 is 0 Å². The molecule has 0 aliphatic carbocycles. The van der Waals surface area contributed by atoms with Crippen LogP contribution in [-0.2, 0) is 14.3 Å². The molecule has 0 radical (unpaired) electrons. The van der Waals surface area contributed by atoms with E-state index in [4.69, 9.17) is 14.2 Å². The average Bonchev–Trinajstić information content (AvgIpc) is 2.66. The fourth-order valence-electron chi connectivity index (χ4n) is 3.95. The van der Waals surface area contributed by atoms with Crippen LogP contribution in [0.15, 0.2) is 30.3 Å². The molecule has 1 aromatic rings. The molecule has 2 aliphatic rings. The summed E-state index contributed by atoms with van der Waals surface area (Å²) in [6, 6.07) is 9.63. The fourth-order valence-corrected chi connectivity index (χ4v) is 3.95. The van der Waals surface area contributed by atoms with Crippen LogP contribution in [0.4, 0.5) is 0 Å². The Morgan fingerprint density at radius 3 is 3.00 bits per heavy atom. The van der Waals surface area contributed by atoms with Crippen molar-refractivity contribution in [2.24, 2.45) is 5.41 Å². The second-order valence-electron chi connectivity index (χ2n) is 6.98. The highest BCUT2D eigenvalue weighted by Gasteiger charge is 2.47. The zero-order valence-electron chi connectivity index (χ0n) is 15.1. The monoisotopic (exact) mass is 347 g/mol. The molecule has 1 amide bonds. The van der Waals surface area contributed by atoms with Gasteiger partial charge in [0, 0.05) is 31.7 Å². The van der Waals surface area contributed by atoms with Gasteiger partial charge in [0.25, 0.3) is 0 Å². The maximum atomic E-state index is 12.6. The van der Waals surface area contributed by atoms with E-state index in [0.717, 1.165) is 44.7 Å². The first-order valence-electron chi connectivity index (χ1n) is 9.38. The summed E-state index contributed by atoms with van der Waals surface area (Å²) in [5.41, 5.74) is -0.0392. The van der Waals surface area contributed by atoms with Crippen LogP contribution in [0.3, 0.4) is 0 Å². The number of hydrogen-bond donors (Lipinski definition) is 0. The lowest BCUT2D eigenvalue weighted by atomic mass is 9.73. The molecule has 2 heterocycles. The van der Waals surface area contributed by atoms with Gasteiger partial charge in [-0.2, -0.15) is 0 Å². The second kappa shape index (κ2) is 8.68. The SMILES string of the molecule is CCOCC12CCCOC1CCN(C(=O)CCOc1ccccc1)C2. The molecule has 3 rings (SSSR count). The molecule has 25 heavy (non-hydrogen) atoms. The summed E-state index contributed by atoms with van der Waals surface area (Å²) >= 11 is 0. The quantitative estimate of drug-likeness (QED) is 0.761. The zero-order chi connectivity index (χ0) is 17.5. The van der Waals surface area contributed by atoms with Gasteiger partial charge in [0.1, 0.15) is 5.75 Å². The Balaban J connectivity index is 1.54. The van der Waals surface area contributed by atoms with Crippen LogP contribution >= 0.6 is 0 Å². The third kappa shape index (κ3) is 4.53. The maximum absolute atomic E-state index is 12.6. The van der Waals surface area contributed by atoms with Gasteiger partial charge in [-0.25, -0.2) is 0 Å². The normalized spacial score (nSPS) is 26.1. The molecule has 138 valence electrons. The van der Waals surface area contributed by atoms with Gasteiger partial charge < -0.3 is 19.1 Å². The zero-order valence-corrected chi connectivity index (χ0v) is 15.1. The van der Waals surface area contributed by atoms with Crippen LogP contribution in [0.1, 0.15) is 32.6 Å². The minimum Gasteiger partial charge on any atom is -0.493 e. The lowest BCUT2D eigenvalue weighted by molar-refractivity contribution is -0.164. The van der Waals surface area contributed by atoms with E-state index in [9.17, 15) is 4.79 Å². The van der Waals surface area contributed by atoms with Gasteiger partial charge in [-0.3, -0.25) is 4.79 Å². The highest BCUT2D eigenvalue weighted by atomic mass is 16.5. The van der Waals surface area contributed by atoms with E-state index in [1.165, 1.54) is 0 Å². The highest BCUT2D eigenvalue weighted by Crippen LogP contribution is 2.40. The van der Waals surface area contributed by atoms with E-state index in [1.807, 2.05) is 42.2 Å². The number of nitrogens with zero attached hydrogens (tertiary/aromatic N) is 1. The maximum Gasteiger partial charge on any atom is 0.226 e. The molecule has 0 N–H and O–H groups in total. The molecule has 2 aliphatic heterocycles. The van der Waals surface area contributed by atoms with Crippen molar-refractivity contribution in [2.75, 3.05) is 39.5 Å². The molecule has 0 aromatic heterocycles. The third-order valence-electron chi connectivity index (χ3n) is 5.26. The lowest BCUT2D eigenvalue weighted by Crippen LogP contribution is -2.58. The van der Waals surface area contributed by atoms with Gasteiger partial charge in [0.05, 0.1) is 25.7 Å². The Morgan fingerprint density at radius 1 is 1.36 bits per heavy atom. The summed E-state index contributed by atoms with van der Waals surface area (Å²) in [7, 11) is 0. The Bertz CT molecular complexity index is 550. The molecule has 0 saturated carbocycles. The van der Waals surface area contributed by atoms with Crippen molar-refractivity contribution in [3.8, 4) is 5.75 Å². The standard InChI is InChI=1S/C20H29NO4/c1-2-23-16-20-11-6-13-25-18(20)9-12-21(15-20)19(22)10-14-24-17-7-4-3-5-8-17/h3-5,7-8,18H,2,6,9-16H2,1H3. The van der Waals surface area contributed by atoms with E-state index >= 15 is 0 Å². The fraction of sp³-hybridized carbons (Fsp3) is 0.650. The van der Waals surface area contributed by atoms with Crippen molar-refractivity contribution in [2.45, 2.75) is 38.7 Å². The number of carbonyl (C=O) groups is 1. The third-order valence-corrected chi connectivity index (χ3v) is 5.26. The summed E-state index contributed by atoms with van der Waals surface area (Å²) in [5, 5.41) is 0. The topological polar surface area (TPSA) is 48.0 Å². The minimum atomic E-state index is -0.0392. The van der Waals surface area contributed by atoms with Crippen LogP contribution in [0.5, 0.6) is 5.75 Å². The molecule has 2 saturated heterocycles. The van der Waals surface area contributed by atoms with Crippen molar-refractivity contribution in [1.29, 1.82) is 0 Å². The number of piperidine rings is 1. The molecule has 0 bridgehead atoms. The summed E-state index contributed by atoms with van der Waals surface area (Å²) in [4.78, 5) is 14.6. The number of amides is 1. The van der Waals surface area contributed by atoms with Crippen LogP contribution < -0.4 is 4.74 Å². The number of hydrogen-bond acceptors (Lipinski definition) is 4. The van der Waals surface area contributed by atoms with Crippen LogP contribution in [0, 0.1) is 5.41 Å². The number of fused-ring (bicyclic) bond motifs is 1. The van der Waals surface area contributed by atoms with Crippen LogP contribution in [0.25, 0.3) is 0 Å². The van der Waals surface area contributed by atoms with E-state index in [0.29, 0.717) is 26.2 Å². The molecule has 2 atom stereocenters. The highest BCUT2D eigenvalue weighted by molar-refractivity contribution is 5.76. The first-order chi connectivity index (χ1) is 12.2. The van der Waals surface area contributed by atoms with E-state index in [1.54, 1.807) is 0 Å². The Hall–Kier alpha value is -1.59. The predicted octanol–water partition coefficient (Wildman–Crippen LogP) is 2.89. The second-order valence-corrected chi connectivity index (χ2v) is 6.98. The summed E-state index contributed by atoms with van der Waals surface area (Å²) < 4.78 is 17.4. The number of carbonyl (C=O) groups excluding carboxylic acids is 1. The summed E-state index contributed by atoms with van der Waals surface area (Å²) in [6.07, 6.45) is 3.64. The summed E-state index contributed by atoms with van der Waals surface area (Å²) in [6.45, 7) is 6.15. The molecule has 5 heteroatoms. The molecule has 0 spiro atoms. The molecule has 5 nitrogen and oxygen atoms in total. The van der Waals surface area contributed by atoms with Gasteiger partial charge in [-0.15, -0.1) is 0 Å². The van der Waals surface area contributed by atoms with Crippen LogP contribution in [-0.4, -0.2) is 56.4 Å². The Kier molecular flexibility index (Phi) is 6.32. The number of benzene rings is 1. The van der Waals surface area contributed by atoms with E-state index in [-0.39, 0.29) is 17.4 Å². The van der Waals surface area contributed by atoms with Gasteiger partial charge >= 0.3 is 0 Å². The van der Waals surface area contributed by atoms with Gasteiger partial charge in [0.2, 0.25) is 5.91 Å². The first-order valence-corrected chi connectivity index (χ1v) is 9.38. The first kappa shape index (κ1) is 18.2. The Morgan fingerprint density at radius 2 is 2.20 bits per heavy atom. The van der Waals surface area contributed by atoms with Crippen LogP contribution in [0.2, 0.25) is 0 Å². The molecular formula is C20H29NO4. The molecule has 2 fully saturated rings. The van der Waals surface area contributed by atoms with Crippen molar-refractivity contribution in [3.63, 3.8) is 0 Å². The molecular weight excluding hydrogens is 318 g/mol. The smallest absolute Gasteiger partial charge is 0.226 e. The largest absolute Gasteiger partial charge is 0.493 e. The van der Waals surface area contributed by atoms with Crippen molar-refractivity contribution < 1.29 is 19.0 Å². The van der Waals surface area contributed by atoms with E-state index in [2.05, 4.69) is 0 Å². The lowest BCUT2D eigenvalue weighted by Gasteiger charge is -2.50. The van der Waals surface area contributed by atoms with Gasteiger partial charge in [0.15, 0.2) is 0 Å². The minimum absolute atomic E-state index is 0.0392. The predicted molar refractivity (Wildman–Crippen MR) is 95.7 cm³/mol. The average molecular weight is 347 g/mol. The van der Waals surface area contributed by atoms with Crippen molar-refractivity contribution >= 4 is 5.91 Å². The molecule has 2 unspecified atom stereocenters. The number of likely N-dealkylation sites (tertiary alicyclic amines) is 1. The number of para-hydroxylation sites is 1. The number of ether oxygens (including phenoxy) is 3. The van der Waals surface area contributed by atoms with Crippen molar-refractivity contribution in [3.05, 3.63) is 30.3 Å². The van der Waals surface area contributed by atoms with Gasteiger partial charge in [-0.1, -0.05) is 18.2 Å². The van der Waals surface area contributed by atoms with Gasteiger partial charge in [-0.05, 0) is 38.3 Å². The van der Waals surface area contributed by atoms with Crippen molar-refractivity contribution in [1.82, 2.24) is 4.90 Å². The number of rotatable bonds is 7. The summed E-state index contributed by atoms with van der Waals surface area (Å²) in [5.74, 6) is 0.971.